The molecule has 1 aliphatic heterocycles. The number of para-hydroxylation sites is 1. The second-order valence-corrected chi connectivity index (χ2v) is 8.87. The number of anilines is 1. The van der Waals surface area contributed by atoms with Gasteiger partial charge in [0.25, 0.3) is 11.5 Å². The largest absolute Gasteiger partial charge is 0.507 e. The summed E-state index contributed by atoms with van der Waals surface area (Å²) in [5, 5.41) is 14.3. The monoisotopic (exact) mass is 524 g/mol. The van der Waals surface area contributed by atoms with E-state index in [9.17, 15) is 19.5 Å². The number of halogens is 2. The third-order valence-electron chi connectivity index (χ3n) is 5.71. The van der Waals surface area contributed by atoms with Gasteiger partial charge in [-0.05, 0) is 54.8 Å². The molecule has 11 heteroatoms. The van der Waals surface area contributed by atoms with Gasteiger partial charge in [0.2, 0.25) is 0 Å². The Bertz CT molecular complexity index is 1590. The lowest BCUT2D eigenvalue weighted by atomic mass is 10.0. The summed E-state index contributed by atoms with van der Waals surface area (Å²) >= 11 is 12.8. The summed E-state index contributed by atoms with van der Waals surface area (Å²) in [6.07, 6.45) is 2.64. The molecule has 2 heterocycles. The highest BCUT2D eigenvalue weighted by Gasteiger charge is 2.26. The topological polar surface area (TPSA) is 118 Å². The van der Waals surface area contributed by atoms with Crippen molar-refractivity contribution in [2.24, 2.45) is 0 Å². The van der Waals surface area contributed by atoms with Gasteiger partial charge in [0.05, 0.1) is 21.3 Å². The van der Waals surface area contributed by atoms with Crippen LogP contribution in [-0.4, -0.2) is 32.3 Å². The van der Waals surface area contributed by atoms with E-state index >= 15 is 0 Å². The first-order valence-electron chi connectivity index (χ1n) is 10.9. The number of fused-ring (bicyclic) bond motifs is 1. The van der Waals surface area contributed by atoms with Crippen LogP contribution in [0.1, 0.15) is 22.3 Å². The number of phenolic OH excluding ortho intramolecular Hbond substituents is 1. The molecule has 1 amide bonds. The predicted molar refractivity (Wildman–Crippen MR) is 135 cm³/mol. The first-order chi connectivity index (χ1) is 17.3. The van der Waals surface area contributed by atoms with E-state index in [4.69, 9.17) is 27.9 Å². The quantitative estimate of drug-likeness (QED) is 0.410. The molecular weight excluding hydrogens is 507 g/mol. The van der Waals surface area contributed by atoms with Gasteiger partial charge < -0.3 is 14.7 Å². The molecule has 1 aromatic heterocycles. The molecular formula is C25H18Cl2N4O5. The molecule has 0 fully saturated rings. The Kier molecular flexibility index (Phi) is 6.26. The van der Waals surface area contributed by atoms with Gasteiger partial charge in [-0.25, -0.2) is 4.79 Å². The highest BCUT2D eigenvalue weighted by Crippen LogP contribution is 2.39. The SMILES string of the molecule is O=C(c1cc(Oc2c(Cl)cc(-n3ncc(=O)[nH]c3=O)cc2Cl)ccc1O)N1CCCc2ccccc21. The molecule has 0 aliphatic carbocycles. The van der Waals surface area contributed by atoms with Gasteiger partial charge >= 0.3 is 5.69 Å². The summed E-state index contributed by atoms with van der Waals surface area (Å²) in [6, 6.07) is 14.7. The number of nitrogens with zero attached hydrogens (tertiary/aromatic N) is 3. The third kappa shape index (κ3) is 4.46. The Labute approximate surface area is 214 Å². The van der Waals surface area contributed by atoms with Gasteiger partial charge in [-0.15, -0.1) is 0 Å². The molecule has 0 bridgehead atoms. The van der Waals surface area contributed by atoms with Crippen molar-refractivity contribution < 1.29 is 14.6 Å². The highest BCUT2D eigenvalue weighted by molar-refractivity contribution is 6.37. The van der Waals surface area contributed by atoms with Crippen LogP contribution in [0.3, 0.4) is 0 Å². The van der Waals surface area contributed by atoms with Crippen LogP contribution in [0.25, 0.3) is 5.69 Å². The number of aromatic amines is 1. The average molecular weight is 525 g/mol. The van der Waals surface area contributed by atoms with E-state index in [0.29, 0.717) is 6.54 Å². The second-order valence-electron chi connectivity index (χ2n) is 8.06. The molecule has 0 spiro atoms. The number of hydrogen-bond donors (Lipinski definition) is 2. The minimum atomic E-state index is -0.760. The van der Waals surface area contributed by atoms with Crippen molar-refractivity contribution in [1.29, 1.82) is 0 Å². The van der Waals surface area contributed by atoms with Crippen LogP contribution in [0, 0.1) is 0 Å². The number of aromatic hydroxyl groups is 1. The molecule has 9 nitrogen and oxygen atoms in total. The lowest BCUT2D eigenvalue weighted by Crippen LogP contribution is -2.35. The van der Waals surface area contributed by atoms with E-state index in [1.54, 1.807) is 4.90 Å². The number of aromatic nitrogens is 3. The van der Waals surface area contributed by atoms with Gasteiger partial charge in [-0.3, -0.25) is 14.6 Å². The molecule has 182 valence electrons. The summed E-state index contributed by atoms with van der Waals surface area (Å²) in [5.74, 6) is -0.253. The molecule has 0 saturated heterocycles. The Morgan fingerprint density at radius 2 is 1.81 bits per heavy atom. The molecule has 36 heavy (non-hydrogen) atoms. The van der Waals surface area contributed by atoms with Crippen molar-refractivity contribution in [1.82, 2.24) is 14.8 Å². The zero-order chi connectivity index (χ0) is 25.4. The number of nitrogens with one attached hydrogen (secondary N) is 1. The summed E-state index contributed by atoms with van der Waals surface area (Å²) in [6.45, 7) is 0.525. The molecule has 5 rings (SSSR count). The van der Waals surface area contributed by atoms with Crippen LogP contribution < -0.4 is 20.9 Å². The molecule has 4 aromatic rings. The molecule has 0 saturated carbocycles. The number of benzene rings is 3. The molecule has 0 unspecified atom stereocenters. The predicted octanol–water partition coefficient (Wildman–Crippen LogP) is 4.32. The van der Waals surface area contributed by atoms with Crippen LogP contribution in [0.15, 0.2) is 70.4 Å². The van der Waals surface area contributed by atoms with Crippen molar-refractivity contribution >= 4 is 34.8 Å². The van der Waals surface area contributed by atoms with Gasteiger partial charge in [0.1, 0.15) is 17.7 Å². The summed E-state index contributed by atoms with van der Waals surface area (Å²) in [7, 11) is 0. The third-order valence-corrected chi connectivity index (χ3v) is 6.28. The van der Waals surface area contributed by atoms with Crippen molar-refractivity contribution in [2.45, 2.75) is 12.8 Å². The maximum Gasteiger partial charge on any atom is 0.349 e. The van der Waals surface area contributed by atoms with Crippen LogP contribution in [0.4, 0.5) is 5.69 Å². The van der Waals surface area contributed by atoms with E-state index in [1.165, 1.54) is 30.3 Å². The fourth-order valence-electron chi connectivity index (χ4n) is 4.06. The van der Waals surface area contributed by atoms with Gasteiger partial charge in [0, 0.05) is 12.2 Å². The number of ether oxygens (including phenoxy) is 1. The number of rotatable bonds is 4. The number of amides is 1. The minimum absolute atomic E-state index is 0.0586. The van der Waals surface area contributed by atoms with Gasteiger partial charge in [0.15, 0.2) is 5.75 Å². The first-order valence-corrected chi connectivity index (χ1v) is 11.7. The number of hydrogen-bond acceptors (Lipinski definition) is 6. The summed E-state index contributed by atoms with van der Waals surface area (Å²) in [4.78, 5) is 40.4. The van der Waals surface area contributed by atoms with Gasteiger partial charge in [-0.1, -0.05) is 41.4 Å². The van der Waals surface area contributed by atoms with E-state index in [0.717, 1.165) is 35.0 Å². The lowest BCUT2D eigenvalue weighted by Gasteiger charge is -2.29. The molecule has 2 N–H and O–H groups in total. The van der Waals surface area contributed by atoms with Crippen molar-refractivity contribution in [3.8, 4) is 22.9 Å². The Hall–Kier alpha value is -4.08. The number of aryl methyl sites for hydroxylation is 1. The van der Waals surface area contributed by atoms with Crippen molar-refractivity contribution in [3.63, 3.8) is 0 Å². The number of phenols is 1. The molecule has 0 radical (unpaired) electrons. The fraction of sp³-hybridized carbons (Fsp3) is 0.120. The molecule has 0 atom stereocenters. The maximum atomic E-state index is 13.4. The van der Waals surface area contributed by atoms with E-state index in [2.05, 4.69) is 10.1 Å². The zero-order valence-electron chi connectivity index (χ0n) is 18.6. The fourth-order valence-corrected chi connectivity index (χ4v) is 4.61. The van der Waals surface area contributed by atoms with Gasteiger partial charge in [-0.2, -0.15) is 9.78 Å². The Morgan fingerprint density at radius 1 is 1.06 bits per heavy atom. The second kappa shape index (κ2) is 9.52. The molecule has 3 aromatic carbocycles. The lowest BCUT2D eigenvalue weighted by molar-refractivity contribution is 0.0982. The Morgan fingerprint density at radius 3 is 2.56 bits per heavy atom. The van der Waals surface area contributed by atoms with E-state index in [-0.39, 0.29) is 44.5 Å². The standard InChI is InChI=1S/C25H18Cl2N4O5/c26-18-10-15(31-25(35)29-22(33)13-28-31)11-19(27)23(18)36-16-7-8-21(32)17(12-16)24(34)30-9-3-5-14-4-1-2-6-20(14)30/h1-2,4,6-8,10-13,32H,3,5,9H2,(H,29,33,35). The first kappa shape index (κ1) is 23.7. The summed E-state index contributed by atoms with van der Waals surface area (Å²) < 4.78 is 6.80. The van der Waals surface area contributed by atoms with Crippen LogP contribution in [0.2, 0.25) is 10.0 Å². The normalized spacial score (nSPS) is 12.8. The Balaban J connectivity index is 1.46. The zero-order valence-corrected chi connectivity index (χ0v) is 20.1. The van der Waals surface area contributed by atoms with E-state index < -0.39 is 11.2 Å². The van der Waals surface area contributed by atoms with Crippen molar-refractivity contribution in [2.75, 3.05) is 11.4 Å². The van der Waals surface area contributed by atoms with Crippen LogP contribution in [0.5, 0.6) is 17.2 Å². The maximum absolute atomic E-state index is 13.4. The number of carbonyl (C=O) groups excluding carboxylic acids is 1. The number of carbonyl (C=O) groups is 1. The number of H-pyrrole nitrogens is 1. The summed E-state index contributed by atoms with van der Waals surface area (Å²) in [5.41, 5.74) is 0.760. The molecule has 1 aliphatic rings. The van der Waals surface area contributed by atoms with Crippen molar-refractivity contribution in [3.05, 3.63) is 103 Å². The van der Waals surface area contributed by atoms with Crippen LogP contribution >= 0.6 is 23.2 Å². The average Bonchev–Trinajstić information content (AvgIpc) is 2.86. The van der Waals surface area contributed by atoms with E-state index in [1.807, 2.05) is 24.3 Å². The smallest absolute Gasteiger partial charge is 0.349 e. The highest BCUT2D eigenvalue weighted by atomic mass is 35.5. The minimum Gasteiger partial charge on any atom is -0.507 e. The van der Waals surface area contributed by atoms with Crippen LogP contribution in [-0.2, 0) is 6.42 Å².